The van der Waals surface area contributed by atoms with Crippen LogP contribution in [0.5, 0.6) is 5.88 Å². The number of rotatable bonds is 8. The smallest absolute Gasteiger partial charge is 0.257 e. The summed E-state index contributed by atoms with van der Waals surface area (Å²) in [7, 11) is 0. The van der Waals surface area contributed by atoms with Crippen LogP contribution in [0, 0.1) is 17.7 Å². The quantitative estimate of drug-likeness (QED) is 0.293. The summed E-state index contributed by atoms with van der Waals surface area (Å²) in [6, 6.07) is 11.7. The van der Waals surface area contributed by atoms with Crippen LogP contribution in [0.25, 0.3) is 17.2 Å². The first kappa shape index (κ1) is 26.8. The highest BCUT2D eigenvalue weighted by Gasteiger charge is 2.59. The Morgan fingerprint density at radius 1 is 1.05 bits per heavy atom. The molecule has 5 heterocycles. The van der Waals surface area contributed by atoms with Crippen LogP contribution >= 0.6 is 0 Å². The Morgan fingerprint density at radius 2 is 1.74 bits per heavy atom. The molecule has 0 radical (unpaired) electrons. The SMILES string of the molecule is CC(C)(N)c1cc(OC2C3CN(C(=O)c4cn(-c5ncccn5)nc4Cn4nccn4)CC32)nc(-c2ccc(F)cc2)c1. The number of hydrogen-bond acceptors (Lipinski definition) is 9. The van der Waals surface area contributed by atoms with Gasteiger partial charge >= 0.3 is 0 Å². The minimum absolute atomic E-state index is 0.0676. The fourth-order valence-corrected chi connectivity index (χ4v) is 5.50. The van der Waals surface area contributed by atoms with E-state index in [2.05, 4.69) is 25.3 Å². The van der Waals surface area contributed by atoms with E-state index < -0.39 is 5.54 Å². The van der Waals surface area contributed by atoms with Crippen molar-refractivity contribution in [3.8, 4) is 23.1 Å². The second-order valence-electron chi connectivity index (χ2n) is 11.5. The summed E-state index contributed by atoms with van der Waals surface area (Å²) in [6.45, 7) is 5.16. The highest BCUT2D eigenvalue weighted by atomic mass is 19.1. The van der Waals surface area contributed by atoms with Crippen molar-refractivity contribution >= 4 is 5.91 Å². The van der Waals surface area contributed by atoms with Crippen LogP contribution in [0.4, 0.5) is 4.39 Å². The Morgan fingerprint density at radius 3 is 2.42 bits per heavy atom. The summed E-state index contributed by atoms with van der Waals surface area (Å²) in [4.78, 5) is 30.3. The molecule has 2 aliphatic rings. The van der Waals surface area contributed by atoms with Crippen molar-refractivity contribution in [2.75, 3.05) is 13.1 Å². The van der Waals surface area contributed by atoms with Crippen LogP contribution < -0.4 is 10.5 Å². The van der Waals surface area contributed by atoms with Gasteiger partial charge in [0.15, 0.2) is 0 Å². The van der Waals surface area contributed by atoms with Gasteiger partial charge in [-0.25, -0.2) is 24.0 Å². The van der Waals surface area contributed by atoms with Gasteiger partial charge < -0.3 is 15.4 Å². The van der Waals surface area contributed by atoms with Crippen molar-refractivity contribution in [1.29, 1.82) is 0 Å². The number of halogens is 1. The molecule has 1 saturated heterocycles. The molecule has 0 bridgehead atoms. The number of ether oxygens (including phenoxy) is 1. The molecule has 5 aromatic rings. The van der Waals surface area contributed by atoms with Crippen LogP contribution in [0.1, 0.15) is 35.5 Å². The summed E-state index contributed by atoms with van der Waals surface area (Å²) in [5.41, 5.74) is 9.07. The van der Waals surface area contributed by atoms with E-state index in [9.17, 15) is 9.18 Å². The van der Waals surface area contributed by atoms with E-state index in [0.717, 1.165) is 11.1 Å². The fraction of sp³-hybridized carbons (Fsp3) is 0.300. The first-order valence-electron chi connectivity index (χ1n) is 14.0. The van der Waals surface area contributed by atoms with Crippen molar-refractivity contribution in [2.45, 2.75) is 32.0 Å². The molecule has 7 rings (SSSR count). The maximum atomic E-state index is 13.7. The summed E-state index contributed by atoms with van der Waals surface area (Å²) >= 11 is 0. The molecule has 12 nitrogen and oxygen atoms in total. The third-order valence-electron chi connectivity index (χ3n) is 7.88. The largest absolute Gasteiger partial charge is 0.474 e. The van der Waals surface area contributed by atoms with Gasteiger partial charge in [0.05, 0.1) is 29.3 Å². The molecule has 1 aliphatic heterocycles. The van der Waals surface area contributed by atoms with E-state index in [-0.39, 0.29) is 36.2 Å². The van der Waals surface area contributed by atoms with Crippen molar-refractivity contribution in [3.05, 3.63) is 96.1 Å². The Labute approximate surface area is 246 Å². The number of carbonyl (C=O) groups is 1. The predicted octanol–water partition coefficient (Wildman–Crippen LogP) is 2.85. The number of likely N-dealkylation sites (tertiary alicyclic amines) is 1. The number of nitrogens with two attached hydrogens (primary N) is 1. The number of aromatic nitrogens is 8. The minimum atomic E-state index is -0.628. The van der Waals surface area contributed by atoms with Crippen molar-refractivity contribution in [2.24, 2.45) is 17.6 Å². The van der Waals surface area contributed by atoms with E-state index in [1.54, 1.807) is 49.2 Å². The molecule has 1 saturated carbocycles. The zero-order valence-corrected chi connectivity index (χ0v) is 23.6. The monoisotopic (exact) mass is 580 g/mol. The molecule has 0 spiro atoms. The second kappa shape index (κ2) is 10.3. The van der Waals surface area contributed by atoms with Crippen LogP contribution in [0.15, 0.2) is 73.4 Å². The first-order valence-corrected chi connectivity index (χ1v) is 14.0. The van der Waals surface area contributed by atoms with Crippen LogP contribution in [0.2, 0.25) is 0 Å². The predicted molar refractivity (Wildman–Crippen MR) is 152 cm³/mol. The lowest BCUT2D eigenvalue weighted by molar-refractivity contribution is 0.0750. The zero-order valence-electron chi connectivity index (χ0n) is 23.6. The minimum Gasteiger partial charge on any atom is -0.474 e. The highest BCUT2D eigenvalue weighted by Crippen LogP contribution is 2.48. The molecule has 4 aromatic heterocycles. The van der Waals surface area contributed by atoms with Crippen LogP contribution in [0.3, 0.4) is 0 Å². The summed E-state index contributed by atoms with van der Waals surface area (Å²) < 4.78 is 21.4. The molecule has 2 fully saturated rings. The van der Waals surface area contributed by atoms with Gasteiger partial charge in [0.1, 0.15) is 18.5 Å². The highest BCUT2D eigenvalue weighted by molar-refractivity contribution is 5.95. The van der Waals surface area contributed by atoms with Gasteiger partial charge in [-0.2, -0.15) is 20.1 Å². The number of piperidine rings is 1. The molecule has 1 amide bonds. The van der Waals surface area contributed by atoms with E-state index >= 15 is 0 Å². The normalized spacial score (nSPS) is 19.3. The maximum Gasteiger partial charge on any atom is 0.257 e. The Bertz CT molecular complexity index is 1760. The van der Waals surface area contributed by atoms with Gasteiger partial charge in [-0.15, -0.1) is 0 Å². The number of benzene rings is 1. The van der Waals surface area contributed by atoms with Gasteiger partial charge in [0, 0.05) is 60.7 Å². The lowest BCUT2D eigenvalue weighted by Gasteiger charge is -2.22. The summed E-state index contributed by atoms with van der Waals surface area (Å²) in [6.07, 6.45) is 7.99. The van der Waals surface area contributed by atoms with E-state index in [0.29, 0.717) is 41.9 Å². The summed E-state index contributed by atoms with van der Waals surface area (Å²) in [5.74, 6) is 0.747. The average molecular weight is 581 g/mol. The zero-order chi connectivity index (χ0) is 29.7. The first-order chi connectivity index (χ1) is 20.7. The topological polar surface area (TPSA) is 143 Å². The number of hydrogen-bond donors (Lipinski definition) is 1. The van der Waals surface area contributed by atoms with Crippen molar-refractivity contribution in [1.82, 2.24) is 44.6 Å². The molecule has 218 valence electrons. The van der Waals surface area contributed by atoms with Crippen LogP contribution in [-0.2, 0) is 12.1 Å². The molecule has 1 aromatic carbocycles. The third kappa shape index (κ3) is 5.34. The maximum absolute atomic E-state index is 13.7. The number of pyridine rings is 1. The standard InChI is InChI=1S/C30H29FN10O2/c1-30(2,32)19-12-24(18-4-6-20(31)7-5-18)37-26(13-19)43-27-21-14-39(15-22(21)27)28(42)23-16-40(29-33-8-3-9-34-29)38-25(23)17-41-35-10-11-36-41/h3-13,16,21-22,27H,14-15,17,32H2,1-2H3. The second-order valence-corrected chi connectivity index (χ2v) is 11.5. The summed E-state index contributed by atoms with van der Waals surface area (Å²) in [5, 5.41) is 12.9. The molecule has 13 heteroatoms. The lowest BCUT2D eigenvalue weighted by atomic mass is 9.95. The van der Waals surface area contributed by atoms with Crippen molar-refractivity contribution < 1.29 is 13.9 Å². The molecular formula is C30H29FN10O2. The average Bonchev–Trinajstić information content (AvgIpc) is 3.51. The number of fused-ring (bicyclic) bond motifs is 1. The van der Waals surface area contributed by atoms with Crippen LogP contribution in [-0.4, -0.2) is 69.7 Å². The number of carbonyl (C=O) groups excluding carboxylic acids is 1. The van der Waals surface area contributed by atoms with Gasteiger partial charge in [-0.3, -0.25) is 4.79 Å². The fourth-order valence-electron chi connectivity index (χ4n) is 5.50. The van der Waals surface area contributed by atoms with Gasteiger partial charge in [0.2, 0.25) is 11.8 Å². The van der Waals surface area contributed by atoms with Gasteiger partial charge in [0.25, 0.3) is 5.91 Å². The van der Waals surface area contributed by atoms with E-state index in [4.69, 9.17) is 15.5 Å². The number of amides is 1. The molecule has 2 atom stereocenters. The van der Waals surface area contributed by atoms with Gasteiger partial charge in [-0.05, 0) is 55.8 Å². The molecular weight excluding hydrogens is 551 g/mol. The molecule has 1 aliphatic carbocycles. The number of nitrogens with zero attached hydrogens (tertiary/aromatic N) is 9. The Balaban J connectivity index is 1.08. The van der Waals surface area contributed by atoms with Gasteiger partial charge in [-0.1, -0.05) is 0 Å². The Hall–Kier alpha value is -5.04. The van der Waals surface area contributed by atoms with E-state index in [1.165, 1.54) is 21.6 Å². The van der Waals surface area contributed by atoms with E-state index in [1.807, 2.05) is 30.9 Å². The molecule has 2 N–H and O–H groups in total. The molecule has 43 heavy (non-hydrogen) atoms. The third-order valence-corrected chi connectivity index (χ3v) is 7.88. The Kier molecular flexibility index (Phi) is 6.46. The lowest BCUT2D eigenvalue weighted by Crippen LogP contribution is -2.34. The van der Waals surface area contributed by atoms with Crippen molar-refractivity contribution in [3.63, 3.8) is 0 Å². The molecule has 2 unspecified atom stereocenters.